The van der Waals surface area contributed by atoms with Crippen molar-refractivity contribution in [1.29, 1.82) is 0 Å². The van der Waals surface area contributed by atoms with Gasteiger partial charge in [0.25, 0.3) is 0 Å². The molecule has 0 spiro atoms. The van der Waals surface area contributed by atoms with Crippen LogP contribution < -0.4 is 4.74 Å². The second-order valence-electron chi connectivity index (χ2n) is 2.85. The molecule has 1 nitrogen and oxygen atoms in total. The molecule has 1 aromatic carbocycles. The summed E-state index contributed by atoms with van der Waals surface area (Å²) < 4.78 is 64.3. The molecule has 0 unspecified atom stereocenters. The maximum absolute atomic E-state index is 12.3. The molecule has 0 atom stereocenters. The van der Waals surface area contributed by atoms with E-state index in [2.05, 4.69) is 4.74 Å². The Kier molecular flexibility index (Phi) is 3.16. The van der Waals surface area contributed by atoms with Crippen LogP contribution in [0.15, 0.2) is 18.2 Å². The molecule has 0 aromatic heterocycles. The van der Waals surface area contributed by atoms with Crippen molar-refractivity contribution >= 4 is 0 Å². The molecule has 6 heteroatoms. The molecule has 0 aliphatic heterocycles. The van der Waals surface area contributed by atoms with Crippen molar-refractivity contribution in [3.05, 3.63) is 29.3 Å². The van der Waals surface area contributed by atoms with E-state index in [0.717, 1.165) is 12.1 Å². The largest absolute Gasteiger partial charge is 0.435 e. The van der Waals surface area contributed by atoms with Crippen molar-refractivity contribution in [1.82, 2.24) is 0 Å². The molecule has 0 saturated heterocycles. The van der Waals surface area contributed by atoms with Gasteiger partial charge < -0.3 is 4.74 Å². The zero-order valence-corrected chi connectivity index (χ0v) is 7.61. The standard InChI is InChI=1S/C9H7F5O/c1-5-2-3-6(15-8(10)11)4-7(5)9(12,13)14/h2-4,8H,1H3. The molecule has 84 valence electrons. The Morgan fingerprint density at radius 1 is 1.20 bits per heavy atom. The van der Waals surface area contributed by atoms with Crippen LogP contribution in [0.4, 0.5) is 22.0 Å². The minimum absolute atomic E-state index is 0.0379. The van der Waals surface area contributed by atoms with Gasteiger partial charge in [0.05, 0.1) is 5.56 Å². The first-order valence-electron chi connectivity index (χ1n) is 3.93. The van der Waals surface area contributed by atoms with Gasteiger partial charge in [0, 0.05) is 0 Å². The van der Waals surface area contributed by atoms with Crippen LogP contribution >= 0.6 is 0 Å². The molecule has 0 N–H and O–H groups in total. The highest BCUT2D eigenvalue weighted by Gasteiger charge is 2.32. The first-order valence-corrected chi connectivity index (χ1v) is 3.93. The molecule has 1 aromatic rings. The van der Waals surface area contributed by atoms with Gasteiger partial charge in [-0.05, 0) is 24.6 Å². The molecular weight excluding hydrogens is 219 g/mol. The molecule has 0 bridgehead atoms. The Bertz CT molecular complexity index is 345. The van der Waals surface area contributed by atoms with Crippen LogP contribution in [0.2, 0.25) is 0 Å². The summed E-state index contributed by atoms with van der Waals surface area (Å²) in [5.74, 6) is -0.497. The van der Waals surface area contributed by atoms with Crippen molar-refractivity contribution in [3.8, 4) is 5.75 Å². The minimum Gasteiger partial charge on any atom is -0.435 e. The van der Waals surface area contributed by atoms with E-state index in [1.807, 2.05) is 0 Å². The van der Waals surface area contributed by atoms with E-state index in [9.17, 15) is 22.0 Å². The second-order valence-corrected chi connectivity index (χ2v) is 2.85. The van der Waals surface area contributed by atoms with Crippen molar-refractivity contribution in [2.45, 2.75) is 19.7 Å². The Morgan fingerprint density at radius 3 is 2.27 bits per heavy atom. The summed E-state index contributed by atoms with van der Waals surface area (Å²) >= 11 is 0. The van der Waals surface area contributed by atoms with Crippen LogP contribution in [0.25, 0.3) is 0 Å². The van der Waals surface area contributed by atoms with E-state index in [0.29, 0.717) is 6.07 Å². The van der Waals surface area contributed by atoms with E-state index in [1.165, 1.54) is 6.92 Å². The molecule has 1 rings (SSSR count). The number of hydrogen-bond donors (Lipinski definition) is 0. The Hall–Kier alpha value is -1.33. The summed E-state index contributed by atoms with van der Waals surface area (Å²) in [5, 5.41) is 0. The zero-order valence-electron chi connectivity index (χ0n) is 7.61. The average Bonchev–Trinajstić information content (AvgIpc) is 2.05. The third kappa shape index (κ3) is 3.07. The van der Waals surface area contributed by atoms with Crippen molar-refractivity contribution in [2.75, 3.05) is 0 Å². The summed E-state index contributed by atoms with van der Waals surface area (Å²) in [5.41, 5.74) is -1.01. The van der Waals surface area contributed by atoms with Gasteiger partial charge in [-0.15, -0.1) is 0 Å². The molecule has 0 fully saturated rings. The molecule has 0 saturated carbocycles. The van der Waals surface area contributed by atoms with Gasteiger partial charge in [0.15, 0.2) is 0 Å². The number of benzene rings is 1. The van der Waals surface area contributed by atoms with E-state index in [4.69, 9.17) is 0 Å². The van der Waals surface area contributed by atoms with Crippen LogP contribution in [0.3, 0.4) is 0 Å². The van der Waals surface area contributed by atoms with Crippen molar-refractivity contribution < 1.29 is 26.7 Å². The first kappa shape index (κ1) is 11.7. The summed E-state index contributed by atoms with van der Waals surface area (Å²) in [6.45, 7) is -1.89. The van der Waals surface area contributed by atoms with Gasteiger partial charge in [-0.1, -0.05) is 6.07 Å². The molecule has 0 aliphatic rings. The third-order valence-corrected chi connectivity index (χ3v) is 1.74. The number of halogens is 5. The van der Waals surface area contributed by atoms with Crippen LogP contribution in [0.1, 0.15) is 11.1 Å². The van der Waals surface area contributed by atoms with E-state index in [-0.39, 0.29) is 5.56 Å². The summed E-state index contributed by atoms with van der Waals surface area (Å²) in [6, 6.07) is 2.71. The lowest BCUT2D eigenvalue weighted by atomic mass is 10.1. The quantitative estimate of drug-likeness (QED) is 0.700. The Balaban J connectivity index is 3.06. The fraction of sp³-hybridized carbons (Fsp3) is 0.333. The van der Waals surface area contributed by atoms with E-state index in [1.54, 1.807) is 0 Å². The third-order valence-electron chi connectivity index (χ3n) is 1.74. The summed E-state index contributed by atoms with van der Waals surface area (Å²) in [6.07, 6.45) is -4.56. The van der Waals surface area contributed by atoms with Gasteiger partial charge in [0.2, 0.25) is 0 Å². The lowest BCUT2D eigenvalue weighted by Crippen LogP contribution is -2.09. The fourth-order valence-electron chi connectivity index (χ4n) is 1.08. The van der Waals surface area contributed by atoms with Gasteiger partial charge in [-0.2, -0.15) is 22.0 Å². The average molecular weight is 226 g/mol. The molecule has 15 heavy (non-hydrogen) atoms. The molecule has 0 heterocycles. The van der Waals surface area contributed by atoms with Gasteiger partial charge in [0.1, 0.15) is 5.75 Å². The number of alkyl halides is 5. The normalized spacial score (nSPS) is 11.9. The minimum atomic E-state index is -4.56. The Morgan fingerprint density at radius 2 is 1.80 bits per heavy atom. The van der Waals surface area contributed by atoms with Crippen LogP contribution in [-0.2, 0) is 6.18 Å². The lowest BCUT2D eigenvalue weighted by Gasteiger charge is -2.12. The van der Waals surface area contributed by atoms with Crippen LogP contribution in [0, 0.1) is 6.92 Å². The van der Waals surface area contributed by atoms with Gasteiger partial charge in [-0.25, -0.2) is 0 Å². The molecule has 0 aliphatic carbocycles. The molecule has 0 amide bonds. The monoisotopic (exact) mass is 226 g/mol. The van der Waals surface area contributed by atoms with Gasteiger partial charge in [-0.3, -0.25) is 0 Å². The predicted molar refractivity (Wildman–Crippen MR) is 42.8 cm³/mol. The fourth-order valence-corrected chi connectivity index (χ4v) is 1.08. The second kappa shape index (κ2) is 4.04. The predicted octanol–water partition coefficient (Wildman–Crippen LogP) is 3.62. The van der Waals surface area contributed by atoms with Crippen LogP contribution in [0.5, 0.6) is 5.75 Å². The maximum atomic E-state index is 12.3. The van der Waals surface area contributed by atoms with Crippen molar-refractivity contribution in [3.63, 3.8) is 0 Å². The summed E-state index contributed by atoms with van der Waals surface area (Å²) in [4.78, 5) is 0. The first-order chi connectivity index (χ1) is 6.80. The molecule has 0 radical (unpaired) electrons. The zero-order chi connectivity index (χ0) is 11.6. The Labute approximate surface area is 82.5 Å². The smallest absolute Gasteiger partial charge is 0.416 e. The topological polar surface area (TPSA) is 9.23 Å². The number of hydrogen-bond acceptors (Lipinski definition) is 1. The van der Waals surface area contributed by atoms with E-state index < -0.39 is 24.1 Å². The highest BCUT2D eigenvalue weighted by atomic mass is 19.4. The number of rotatable bonds is 2. The van der Waals surface area contributed by atoms with Crippen LogP contribution in [-0.4, -0.2) is 6.61 Å². The highest BCUT2D eigenvalue weighted by molar-refractivity contribution is 5.36. The SMILES string of the molecule is Cc1ccc(OC(F)F)cc1C(F)(F)F. The van der Waals surface area contributed by atoms with Crippen molar-refractivity contribution in [2.24, 2.45) is 0 Å². The lowest BCUT2D eigenvalue weighted by molar-refractivity contribution is -0.138. The highest BCUT2D eigenvalue weighted by Crippen LogP contribution is 2.34. The van der Waals surface area contributed by atoms with Gasteiger partial charge >= 0.3 is 12.8 Å². The number of aryl methyl sites for hydroxylation is 1. The molecular formula is C9H7F5O. The number of ether oxygens (including phenoxy) is 1. The summed E-state index contributed by atoms with van der Waals surface area (Å²) in [7, 11) is 0. The van der Waals surface area contributed by atoms with E-state index >= 15 is 0 Å². The maximum Gasteiger partial charge on any atom is 0.416 e.